The number of alkyl halides is 2. The maximum Gasteiger partial charge on any atom is 0.265 e. The molecule has 1 aliphatic rings. The lowest BCUT2D eigenvalue weighted by atomic mass is 9.94. The molecule has 1 aliphatic heterocycles. The van der Waals surface area contributed by atoms with Gasteiger partial charge in [0, 0.05) is 37.9 Å². The number of benzene rings is 1. The number of hydrogen-bond acceptors (Lipinski definition) is 7. The first kappa shape index (κ1) is 32.9. The van der Waals surface area contributed by atoms with Crippen LogP contribution < -0.4 is 10.2 Å². The number of ether oxygens (including phenoxy) is 1. The summed E-state index contributed by atoms with van der Waals surface area (Å²) in [7, 11) is -2.46. The van der Waals surface area contributed by atoms with E-state index in [-0.39, 0.29) is 17.7 Å². The van der Waals surface area contributed by atoms with Gasteiger partial charge in [0.2, 0.25) is 0 Å². The number of nitrogens with zero attached hydrogens (tertiary/aromatic N) is 2. The lowest BCUT2D eigenvalue weighted by Crippen LogP contribution is -2.57. The van der Waals surface area contributed by atoms with Crippen LogP contribution in [0.4, 0.5) is 0 Å². The number of piperidine rings is 1. The van der Waals surface area contributed by atoms with Crippen molar-refractivity contribution in [3.63, 3.8) is 0 Å². The van der Waals surface area contributed by atoms with Crippen LogP contribution in [-0.2, 0) is 14.6 Å². The molecule has 0 spiro atoms. The summed E-state index contributed by atoms with van der Waals surface area (Å²) in [5.41, 5.74) is 1.57. The Bertz CT molecular complexity index is 842. The van der Waals surface area contributed by atoms with Crippen LogP contribution >= 0.6 is 23.2 Å². The van der Waals surface area contributed by atoms with Gasteiger partial charge < -0.3 is 14.5 Å². The minimum Gasteiger partial charge on any atom is -0.497 e. The van der Waals surface area contributed by atoms with E-state index in [0.29, 0.717) is 30.6 Å². The molecule has 0 bridgehead atoms. The van der Waals surface area contributed by atoms with Crippen LogP contribution in [0.15, 0.2) is 29.2 Å². The molecule has 2 rings (SSSR count). The third-order valence-corrected chi connectivity index (χ3v) is 9.37. The van der Waals surface area contributed by atoms with Crippen molar-refractivity contribution in [2.45, 2.75) is 62.0 Å². The molecule has 1 fully saturated rings. The minimum absolute atomic E-state index is 0.0545. The number of hydroxylamine groups is 1. The summed E-state index contributed by atoms with van der Waals surface area (Å²) in [6.45, 7) is 9.25. The fraction of sp³-hybridized carbons (Fsp3) is 0.720. The molecule has 0 aliphatic carbocycles. The molecule has 1 aromatic carbocycles. The van der Waals surface area contributed by atoms with E-state index in [9.17, 15) is 13.2 Å². The van der Waals surface area contributed by atoms with Gasteiger partial charge in [0.05, 0.1) is 12.0 Å². The number of sulfone groups is 1. The molecule has 1 heterocycles. The molecule has 0 unspecified atom stereocenters. The Labute approximate surface area is 227 Å². The average Bonchev–Trinajstić information content (AvgIpc) is 2.90. The molecule has 0 saturated carbocycles. The maximum absolute atomic E-state index is 13.2. The number of rotatable bonds is 14. The smallest absolute Gasteiger partial charge is 0.265 e. The highest BCUT2D eigenvalue weighted by Gasteiger charge is 2.52. The van der Waals surface area contributed by atoms with Gasteiger partial charge in [-0.3, -0.25) is 10.0 Å². The van der Waals surface area contributed by atoms with Crippen LogP contribution in [0.3, 0.4) is 0 Å². The number of carbonyl (C=O) groups excluding carboxylic acids is 1. The number of likely N-dealkylation sites (tertiary alicyclic amines) is 1. The van der Waals surface area contributed by atoms with Crippen LogP contribution in [0.2, 0.25) is 0 Å². The molecule has 0 atom stereocenters. The SMILES string of the molecule is CCCCN(CCCl)CCCl.CCCCN1CCC(C(=O)NO)(S(=O)(=O)c2ccc(OC)cc2)CC1. The Hall–Kier alpha value is -1.10. The Morgan fingerprint density at radius 1 is 1.06 bits per heavy atom. The van der Waals surface area contributed by atoms with E-state index in [0.717, 1.165) is 39.0 Å². The van der Waals surface area contributed by atoms with Gasteiger partial charge in [-0.05, 0) is 63.0 Å². The predicted molar refractivity (Wildman–Crippen MR) is 146 cm³/mol. The molecular weight excluding hydrogens is 525 g/mol. The van der Waals surface area contributed by atoms with Crippen molar-refractivity contribution >= 4 is 38.9 Å². The lowest BCUT2D eigenvalue weighted by molar-refractivity contribution is -0.133. The molecule has 0 radical (unpaired) electrons. The topological polar surface area (TPSA) is 99.2 Å². The summed E-state index contributed by atoms with van der Waals surface area (Å²) >= 11 is 11.3. The molecular formula is C25H43Cl2N3O5S. The van der Waals surface area contributed by atoms with Gasteiger partial charge in [0.25, 0.3) is 5.91 Å². The Morgan fingerprint density at radius 2 is 1.61 bits per heavy atom. The first-order chi connectivity index (χ1) is 17.3. The van der Waals surface area contributed by atoms with E-state index in [1.165, 1.54) is 32.1 Å². The van der Waals surface area contributed by atoms with E-state index < -0.39 is 20.5 Å². The molecule has 2 N–H and O–H groups in total. The first-order valence-electron chi connectivity index (χ1n) is 12.7. The van der Waals surface area contributed by atoms with Gasteiger partial charge in [-0.2, -0.15) is 0 Å². The zero-order valence-electron chi connectivity index (χ0n) is 21.8. The number of halogens is 2. The van der Waals surface area contributed by atoms with Crippen LogP contribution in [0, 0.1) is 0 Å². The molecule has 8 nitrogen and oxygen atoms in total. The van der Waals surface area contributed by atoms with E-state index in [4.69, 9.17) is 33.1 Å². The monoisotopic (exact) mass is 567 g/mol. The van der Waals surface area contributed by atoms with Crippen LogP contribution in [-0.4, -0.2) is 92.2 Å². The van der Waals surface area contributed by atoms with E-state index in [2.05, 4.69) is 23.6 Å². The Morgan fingerprint density at radius 3 is 2.06 bits per heavy atom. The zero-order chi connectivity index (χ0) is 27.0. The first-order valence-corrected chi connectivity index (χ1v) is 15.2. The van der Waals surface area contributed by atoms with Crippen molar-refractivity contribution in [3.05, 3.63) is 24.3 Å². The number of nitrogens with one attached hydrogen (secondary N) is 1. The van der Waals surface area contributed by atoms with E-state index in [1.807, 2.05) is 0 Å². The second kappa shape index (κ2) is 17.4. The van der Waals surface area contributed by atoms with Crippen molar-refractivity contribution < 1.29 is 23.2 Å². The van der Waals surface area contributed by atoms with Gasteiger partial charge in [0.15, 0.2) is 14.6 Å². The Kier molecular flexibility index (Phi) is 15.9. The molecule has 11 heteroatoms. The summed E-state index contributed by atoms with van der Waals surface area (Å²) < 4.78 is 29.8. The van der Waals surface area contributed by atoms with Crippen LogP contribution in [0.5, 0.6) is 5.75 Å². The van der Waals surface area contributed by atoms with Crippen molar-refractivity contribution in [2.24, 2.45) is 0 Å². The normalized spacial score (nSPS) is 15.8. The zero-order valence-corrected chi connectivity index (χ0v) is 24.2. The molecule has 1 amide bonds. The molecule has 1 aromatic rings. The second-order valence-corrected chi connectivity index (χ2v) is 11.9. The number of amides is 1. The molecule has 0 aromatic heterocycles. The predicted octanol–water partition coefficient (Wildman–Crippen LogP) is 4.18. The highest BCUT2D eigenvalue weighted by molar-refractivity contribution is 7.93. The van der Waals surface area contributed by atoms with E-state index >= 15 is 0 Å². The fourth-order valence-electron chi connectivity index (χ4n) is 4.18. The average molecular weight is 569 g/mol. The second-order valence-electron chi connectivity index (χ2n) is 8.88. The number of methoxy groups -OCH3 is 1. The number of unbranched alkanes of at least 4 members (excludes halogenated alkanes) is 2. The van der Waals surface area contributed by atoms with Crippen molar-refractivity contribution in [2.75, 3.05) is 58.1 Å². The van der Waals surface area contributed by atoms with Gasteiger partial charge >= 0.3 is 0 Å². The van der Waals surface area contributed by atoms with Gasteiger partial charge in [-0.15, -0.1) is 23.2 Å². The Balaban J connectivity index is 0.000000497. The fourth-order valence-corrected chi connectivity index (χ4v) is 6.61. The summed E-state index contributed by atoms with van der Waals surface area (Å²) in [6, 6.07) is 5.97. The quantitative estimate of drug-likeness (QED) is 0.197. The number of carbonyl (C=O) groups is 1. The number of hydrogen-bond donors (Lipinski definition) is 2. The lowest BCUT2D eigenvalue weighted by Gasteiger charge is -2.39. The standard InChI is InChI=1S/C17H26N2O5S.C8H17Cl2N/c1-3-4-11-19-12-9-17(10-13-19,16(20)18-21)25(22,23)15-7-5-14(24-2)6-8-15;1-2-3-6-11(7-4-9)8-5-10/h5-8,21H,3-4,9-13H2,1-2H3,(H,18,20);2-8H2,1H3. The van der Waals surface area contributed by atoms with E-state index in [1.54, 1.807) is 17.6 Å². The minimum atomic E-state index is -3.96. The van der Waals surface area contributed by atoms with Crippen molar-refractivity contribution in [3.8, 4) is 5.75 Å². The van der Waals surface area contributed by atoms with Crippen molar-refractivity contribution in [1.29, 1.82) is 0 Å². The van der Waals surface area contributed by atoms with Gasteiger partial charge in [0.1, 0.15) is 5.75 Å². The van der Waals surface area contributed by atoms with Crippen molar-refractivity contribution in [1.82, 2.24) is 15.3 Å². The van der Waals surface area contributed by atoms with Crippen LogP contribution in [0.1, 0.15) is 52.4 Å². The summed E-state index contributed by atoms with van der Waals surface area (Å²) in [6.07, 6.45) is 4.87. The highest BCUT2D eigenvalue weighted by atomic mass is 35.5. The maximum atomic E-state index is 13.2. The van der Waals surface area contributed by atoms with Gasteiger partial charge in [-0.1, -0.05) is 26.7 Å². The third-order valence-electron chi connectivity index (χ3n) is 6.52. The largest absolute Gasteiger partial charge is 0.497 e. The highest BCUT2D eigenvalue weighted by Crippen LogP contribution is 2.36. The summed E-state index contributed by atoms with van der Waals surface area (Å²) in [5, 5.41) is 9.15. The van der Waals surface area contributed by atoms with Crippen LogP contribution in [0.25, 0.3) is 0 Å². The summed E-state index contributed by atoms with van der Waals surface area (Å²) in [4.78, 5) is 16.9. The molecule has 36 heavy (non-hydrogen) atoms. The molecule has 208 valence electrons. The summed E-state index contributed by atoms with van der Waals surface area (Å²) in [5.74, 6) is 1.09. The third kappa shape index (κ3) is 9.33. The van der Waals surface area contributed by atoms with Gasteiger partial charge in [-0.25, -0.2) is 13.9 Å². The molecule has 1 saturated heterocycles.